The minimum atomic E-state index is -0.226. The van der Waals surface area contributed by atoms with E-state index in [4.69, 9.17) is 9.84 Å². The lowest BCUT2D eigenvalue weighted by molar-refractivity contribution is -0.123. The van der Waals surface area contributed by atoms with Crippen molar-refractivity contribution in [2.75, 3.05) is 19.8 Å². The van der Waals surface area contributed by atoms with Gasteiger partial charge in [0.25, 0.3) is 5.91 Å². The van der Waals surface area contributed by atoms with Crippen molar-refractivity contribution in [2.24, 2.45) is 0 Å². The second-order valence-corrected chi connectivity index (χ2v) is 3.36. The highest BCUT2D eigenvalue weighted by Crippen LogP contribution is 2.13. The Kier molecular flexibility index (Phi) is 5.36. The van der Waals surface area contributed by atoms with Crippen LogP contribution in [-0.2, 0) is 11.2 Å². The van der Waals surface area contributed by atoms with E-state index in [0.29, 0.717) is 5.75 Å². The molecular formula is C12H17NO3. The first-order valence-corrected chi connectivity index (χ1v) is 5.35. The van der Waals surface area contributed by atoms with Gasteiger partial charge >= 0.3 is 0 Å². The van der Waals surface area contributed by atoms with Crippen molar-refractivity contribution in [3.63, 3.8) is 0 Å². The molecule has 0 saturated heterocycles. The zero-order valence-corrected chi connectivity index (χ0v) is 9.40. The first-order chi connectivity index (χ1) is 7.76. The smallest absolute Gasteiger partial charge is 0.258 e. The van der Waals surface area contributed by atoms with Crippen LogP contribution in [0.15, 0.2) is 24.3 Å². The van der Waals surface area contributed by atoms with Gasteiger partial charge in [0.15, 0.2) is 6.61 Å². The molecule has 1 amide bonds. The number of hydrogen-bond acceptors (Lipinski definition) is 3. The number of carbonyl (C=O) groups is 1. The number of carbonyl (C=O) groups excluding carboxylic acids is 1. The summed E-state index contributed by atoms with van der Waals surface area (Å²) in [7, 11) is 0. The van der Waals surface area contributed by atoms with Gasteiger partial charge < -0.3 is 15.2 Å². The zero-order valence-electron chi connectivity index (χ0n) is 9.40. The Morgan fingerprint density at radius 3 is 3.00 bits per heavy atom. The summed E-state index contributed by atoms with van der Waals surface area (Å²) < 4.78 is 5.31. The summed E-state index contributed by atoms with van der Waals surface area (Å²) in [5, 5.41) is 11.0. The second-order valence-electron chi connectivity index (χ2n) is 3.36. The lowest BCUT2D eigenvalue weighted by Crippen LogP contribution is -2.31. The third kappa shape index (κ3) is 4.31. The molecule has 0 atom stereocenters. The minimum Gasteiger partial charge on any atom is -0.484 e. The molecule has 0 bridgehead atoms. The van der Waals surface area contributed by atoms with Crippen molar-refractivity contribution in [2.45, 2.75) is 13.3 Å². The van der Waals surface area contributed by atoms with Gasteiger partial charge in [-0.1, -0.05) is 19.1 Å². The molecule has 0 aromatic heterocycles. The molecule has 4 heteroatoms. The van der Waals surface area contributed by atoms with Crippen LogP contribution in [0.3, 0.4) is 0 Å². The van der Waals surface area contributed by atoms with Gasteiger partial charge in [0.2, 0.25) is 0 Å². The molecule has 4 nitrogen and oxygen atoms in total. The SMILES string of the molecule is CCc1cccc(OCC(=O)NCCO)c1. The Balaban J connectivity index is 2.38. The Morgan fingerprint density at radius 1 is 1.50 bits per heavy atom. The van der Waals surface area contributed by atoms with Crippen molar-refractivity contribution in [3.8, 4) is 5.75 Å². The van der Waals surface area contributed by atoms with Crippen LogP contribution in [0, 0.1) is 0 Å². The number of rotatable bonds is 6. The number of hydrogen-bond donors (Lipinski definition) is 2. The maximum absolute atomic E-state index is 11.2. The van der Waals surface area contributed by atoms with Gasteiger partial charge in [-0.05, 0) is 24.1 Å². The average molecular weight is 223 g/mol. The molecule has 0 aliphatic heterocycles. The van der Waals surface area contributed by atoms with E-state index in [9.17, 15) is 4.79 Å². The molecule has 1 rings (SSSR count). The molecule has 0 spiro atoms. The van der Waals surface area contributed by atoms with Crippen LogP contribution in [0.1, 0.15) is 12.5 Å². The summed E-state index contributed by atoms with van der Waals surface area (Å²) in [4.78, 5) is 11.2. The molecule has 1 aromatic rings. The predicted molar refractivity (Wildman–Crippen MR) is 61.4 cm³/mol. The first kappa shape index (κ1) is 12.5. The Morgan fingerprint density at radius 2 is 2.31 bits per heavy atom. The summed E-state index contributed by atoms with van der Waals surface area (Å²) in [6, 6.07) is 7.65. The fourth-order valence-corrected chi connectivity index (χ4v) is 1.25. The predicted octanol–water partition coefficient (Wildman–Crippen LogP) is 0.736. The minimum absolute atomic E-state index is 0.0207. The van der Waals surface area contributed by atoms with Crippen LogP contribution < -0.4 is 10.1 Å². The summed E-state index contributed by atoms with van der Waals surface area (Å²) in [5.74, 6) is 0.467. The van der Waals surface area contributed by atoms with Crippen LogP contribution in [-0.4, -0.2) is 30.8 Å². The highest BCUT2D eigenvalue weighted by molar-refractivity contribution is 5.77. The van der Waals surface area contributed by atoms with E-state index in [1.165, 1.54) is 5.56 Å². The Hall–Kier alpha value is -1.55. The van der Waals surface area contributed by atoms with Crippen LogP contribution in [0.5, 0.6) is 5.75 Å². The lowest BCUT2D eigenvalue weighted by Gasteiger charge is -2.07. The van der Waals surface area contributed by atoms with Gasteiger partial charge in [0, 0.05) is 6.54 Å². The number of ether oxygens (including phenoxy) is 1. The molecule has 0 aliphatic rings. The Labute approximate surface area is 95.2 Å². The van der Waals surface area contributed by atoms with Gasteiger partial charge in [0.05, 0.1) is 6.61 Å². The lowest BCUT2D eigenvalue weighted by atomic mass is 10.2. The highest BCUT2D eigenvalue weighted by atomic mass is 16.5. The summed E-state index contributed by atoms with van der Waals surface area (Å²) in [6.07, 6.45) is 0.938. The van der Waals surface area contributed by atoms with E-state index in [2.05, 4.69) is 12.2 Å². The zero-order chi connectivity index (χ0) is 11.8. The quantitative estimate of drug-likeness (QED) is 0.747. The molecule has 2 N–H and O–H groups in total. The van der Waals surface area contributed by atoms with E-state index in [-0.39, 0.29) is 25.7 Å². The van der Waals surface area contributed by atoms with Crippen LogP contribution in [0.2, 0.25) is 0 Å². The third-order valence-electron chi connectivity index (χ3n) is 2.11. The van der Waals surface area contributed by atoms with Crippen molar-refractivity contribution >= 4 is 5.91 Å². The van der Waals surface area contributed by atoms with Gasteiger partial charge in [-0.2, -0.15) is 0 Å². The largest absolute Gasteiger partial charge is 0.484 e. The van der Waals surface area contributed by atoms with Gasteiger partial charge in [-0.25, -0.2) is 0 Å². The molecule has 0 unspecified atom stereocenters. The standard InChI is InChI=1S/C12H17NO3/c1-2-10-4-3-5-11(8-10)16-9-12(15)13-6-7-14/h3-5,8,14H,2,6-7,9H2,1H3,(H,13,15). The molecule has 0 aliphatic carbocycles. The van der Waals surface area contributed by atoms with Crippen molar-refractivity contribution in [3.05, 3.63) is 29.8 Å². The van der Waals surface area contributed by atoms with E-state index in [1.54, 1.807) is 0 Å². The van der Waals surface area contributed by atoms with E-state index in [0.717, 1.165) is 6.42 Å². The van der Waals surface area contributed by atoms with Crippen LogP contribution in [0.4, 0.5) is 0 Å². The number of amides is 1. The second kappa shape index (κ2) is 6.85. The molecule has 0 saturated carbocycles. The van der Waals surface area contributed by atoms with Crippen LogP contribution in [0.25, 0.3) is 0 Å². The summed E-state index contributed by atoms with van der Waals surface area (Å²) >= 11 is 0. The molecule has 16 heavy (non-hydrogen) atoms. The Bertz CT molecular complexity index is 339. The molecule has 88 valence electrons. The fraction of sp³-hybridized carbons (Fsp3) is 0.417. The van der Waals surface area contributed by atoms with Crippen molar-refractivity contribution < 1.29 is 14.6 Å². The summed E-state index contributed by atoms with van der Waals surface area (Å²) in [6.45, 7) is 2.24. The highest BCUT2D eigenvalue weighted by Gasteiger charge is 2.01. The fourth-order valence-electron chi connectivity index (χ4n) is 1.25. The van der Waals surface area contributed by atoms with Crippen LogP contribution >= 0.6 is 0 Å². The van der Waals surface area contributed by atoms with Crippen molar-refractivity contribution in [1.82, 2.24) is 5.32 Å². The van der Waals surface area contributed by atoms with E-state index >= 15 is 0 Å². The molecule has 1 aromatic carbocycles. The average Bonchev–Trinajstić information content (AvgIpc) is 2.34. The molecule has 0 heterocycles. The number of aliphatic hydroxyl groups excluding tert-OH is 1. The van der Waals surface area contributed by atoms with E-state index in [1.807, 2.05) is 24.3 Å². The number of nitrogens with one attached hydrogen (secondary N) is 1. The van der Waals surface area contributed by atoms with Gasteiger partial charge in [-0.15, -0.1) is 0 Å². The molecule has 0 fully saturated rings. The topological polar surface area (TPSA) is 58.6 Å². The third-order valence-corrected chi connectivity index (χ3v) is 2.11. The maximum atomic E-state index is 11.2. The van der Waals surface area contributed by atoms with Gasteiger partial charge in [-0.3, -0.25) is 4.79 Å². The maximum Gasteiger partial charge on any atom is 0.258 e. The number of benzene rings is 1. The number of aryl methyl sites for hydroxylation is 1. The molecule has 0 radical (unpaired) electrons. The summed E-state index contributed by atoms with van der Waals surface area (Å²) in [5.41, 5.74) is 1.17. The monoisotopic (exact) mass is 223 g/mol. The van der Waals surface area contributed by atoms with Crippen molar-refractivity contribution in [1.29, 1.82) is 0 Å². The normalized spacial score (nSPS) is 9.88. The number of aliphatic hydroxyl groups is 1. The van der Waals surface area contributed by atoms with Gasteiger partial charge in [0.1, 0.15) is 5.75 Å². The first-order valence-electron chi connectivity index (χ1n) is 5.35. The van der Waals surface area contributed by atoms with E-state index < -0.39 is 0 Å². The molecular weight excluding hydrogens is 206 g/mol.